The van der Waals surface area contributed by atoms with Crippen molar-refractivity contribution in [2.45, 2.75) is 13.5 Å². The fourth-order valence-electron chi connectivity index (χ4n) is 1.93. The molecule has 3 N–H and O–H groups in total. The summed E-state index contributed by atoms with van der Waals surface area (Å²) in [5.41, 5.74) is 8.89. The van der Waals surface area contributed by atoms with Gasteiger partial charge in [-0.05, 0) is 36.2 Å². The number of anilines is 2. The first kappa shape index (κ1) is 14.3. The van der Waals surface area contributed by atoms with Crippen LogP contribution in [0.5, 0.6) is 0 Å². The quantitative estimate of drug-likeness (QED) is 0.740. The lowest BCUT2D eigenvalue weighted by Gasteiger charge is -2.06. The largest absolute Gasteiger partial charge is 0.382 e. The Morgan fingerprint density at radius 1 is 1.29 bits per heavy atom. The Morgan fingerprint density at radius 2 is 2.05 bits per heavy atom. The van der Waals surface area contributed by atoms with Crippen molar-refractivity contribution in [1.29, 1.82) is 0 Å². The highest BCUT2D eigenvalue weighted by Gasteiger charge is 2.15. The number of aromatic nitrogens is 2. The third kappa shape index (κ3) is 3.18. The van der Waals surface area contributed by atoms with Crippen LogP contribution >= 0.6 is 34.5 Å². The molecular weight excluding hydrogens is 324 g/mol. The molecule has 0 atom stereocenters. The third-order valence-electron chi connectivity index (χ3n) is 2.96. The van der Waals surface area contributed by atoms with Gasteiger partial charge in [0.05, 0.1) is 16.3 Å². The summed E-state index contributed by atoms with van der Waals surface area (Å²) in [6, 6.07) is 7.74. The number of nitrogen functional groups attached to an aromatic ring is 1. The number of hydrogen-bond acceptors (Lipinski definition) is 6. The lowest BCUT2D eigenvalue weighted by Crippen LogP contribution is -1.99. The van der Waals surface area contributed by atoms with Gasteiger partial charge < -0.3 is 11.1 Å². The van der Waals surface area contributed by atoms with Gasteiger partial charge in [0.25, 0.3) is 0 Å². The molecule has 0 amide bonds. The van der Waals surface area contributed by atoms with Gasteiger partial charge in [-0.25, -0.2) is 4.98 Å². The zero-order chi connectivity index (χ0) is 14.8. The summed E-state index contributed by atoms with van der Waals surface area (Å²) in [7, 11) is 0. The lowest BCUT2D eigenvalue weighted by atomic mass is 10.2. The maximum Gasteiger partial charge on any atom is 0.148 e. The molecule has 3 aromatic rings. The van der Waals surface area contributed by atoms with Gasteiger partial charge in [0.15, 0.2) is 0 Å². The summed E-state index contributed by atoms with van der Waals surface area (Å²) >= 11 is 8.85. The number of halogens is 1. The van der Waals surface area contributed by atoms with E-state index < -0.39 is 0 Å². The third-order valence-corrected chi connectivity index (χ3v) is 4.80. The van der Waals surface area contributed by atoms with Crippen molar-refractivity contribution in [2.75, 3.05) is 11.1 Å². The van der Waals surface area contributed by atoms with Crippen molar-refractivity contribution in [2.24, 2.45) is 0 Å². The van der Waals surface area contributed by atoms with Crippen LogP contribution in [0.1, 0.15) is 10.6 Å². The number of benzene rings is 1. The highest BCUT2D eigenvalue weighted by Crippen LogP contribution is 2.37. The van der Waals surface area contributed by atoms with Crippen molar-refractivity contribution < 1.29 is 0 Å². The maximum atomic E-state index is 5.98. The van der Waals surface area contributed by atoms with Crippen molar-refractivity contribution in [3.05, 3.63) is 45.2 Å². The molecule has 0 radical (unpaired) electrons. The Morgan fingerprint density at radius 3 is 2.71 bits per heavy atom. The summed E-state index contributed by atoms with van der Waals surface area (Å²) in [6.07, 6.45) is 0. The van der Waals surface area contributed by atoms with Gasteiger partial charge in [-0.15, -0.1) is 11.3 Å². The Labute approximate surface area is 135 Å². The molecule has 108 valence electrons. The van der Waals surface area contributed by atoms with Crippen molar-refractivity contribution >= 4 is 45.3 Å². The van der Waals surface area contributed by atoms with Crippen LogP contribution < -0.4 is 11.1 Å². The van der Waals surface area contributed by atoms with Crippen molar-refractivity contribution in [3.8, 4) is 11.3 Å². The Bertz CT molecular complexity index is 749. The van der Waals surface area contributed by atoms with Crippen LogP contribution in [0.15, 0.2) is 29.6 Å². The molecule has 1 aromatic carbocycles. The second-order valence-electron chi connectivity index (χ2n) is 4.50. The van der Waals surface area contributed by atoms with Crippen LogP contribution in [0.4, 0.5) is 10.8 Å². The number of aryl methyl sites for hydroxylation is 1. The second kappa shape index (κ2) is 6.01. The zero-order valence-electron chi connectivity index (χ0n) is 11.3. The van der Waals surface area contributed by atoms with Crippen LogP contribution in [-0.4, -0.2) is 9.36 Å². The van der Waals surface area contributed by atoms with E-state index in [1.165, 1.54) is 11.5 Å². The fourth-order valence-corrected chi connectivity index (χ4v) is 3.38. The molecule has 0 aliphatic rings. The molecule has 0 saturated heterocycles. The summed E-state index contributed by atoms with van der Waals surface area (Å²) in [6.45, 7) is 2.67. The molecule has 0 unspecified atom stereocenters. The first-order valence-electron chi connectivity index (χ1n) is 6.29. The highest BCUT2D eigenvalue weighted by molar-refractivity contribution is 7.11. The maximum absolute atomic E-state index is 5.98. The minimum Gasteiger partial charge on any atom is -0.382 e. The minimum absolute atomic E-state index is 0.518. The molecule has 21 heavy (non-hydrogen) atoms. The SMILES string of the molecule is Cc1nc(-c2c(N)nsc2NCc2ccc(Cl)cc2)cs1. The van der Waals surface area contributed by atoms with E-state index in [9.17, 15) is 0 Å². The second-order valence-corrected chi connectivity index (χ2v) is 6.78. The van der Waals surface area contributed by atoms with Gasteiger partial charge in [0, 0.05) is 16.9 Å². The average Bonchev–Trinajstić information content (AvgIpc) is 3.04. The number of nitrogens with two attached hydrogens (primary N) is 1. The Hall–Kier alpha value is -1.63. The summed E-state index contributed by atoms with van der Waals surface area (Å²) in [5.74, 6) is 0.518. The smallest absolute Gasteiger partial charge is 0.148 e. The first-order chi connectivity index (χ1) is 10.1. The predicted molar refractivity (Wildman–Crippen MR) is 91.2 cm³/mol. The van der Waals surface area contributed by atoms with E-state index in [4.69, 9.17) is 17.3 Å². The van der Waals surface area contributed by atoms with E-state index in [-0.39, 0.29) is 0 Å². The Kier molecular flexibility index (Phi) is 4.10. The molecule has 0 saturated carbocycles. The molecule has 0 bridgehead atoms. The van der Waals surface area contributed by atoms with E-state index in [0.717, 1.165) is 31.9 Å². The van der Waals surface area contributed by atoms with Crippen LogP contribution in [0, 0.1) is 6.92 Å². The van der Waals surface area contributed by atoms with Crippen LogP contribution in [0.3, 0.4) is 0 Å². The van der Waals surface area contributed by atoms with E-state index in [2.05, 4.69) is 14.7 Å². The van der Waals surface area contributed by atoms with Crippen LogP contribution in [0.25, 0.3) is 11.3 Å². The van der Waals surface area contributed by atoms with Gasteiger partial charge >= 0.3 is 0 Å². The molecule has 7 heteroatoms. The van der Waals surface area contributed by atoms with Crippen molar-refractivity contribution in [3.63, 3.8) is 0 Å². The van der Waals surface area contributed by atoms with E-state index >= 15 is 0 Å². The lowest BCUT2D eigenvalue weighted by molar-refractivity contribution is 1.16. The van der Waals surface area contributed by atoms with Gasteiger partial charge in [-0.1, -0.05) is 23.7 Å². The van der Waals surface area contributed by atoms with Gasteiger partial charge in [-0.3, -0.25) is 0 Å². The van der Waals surface area contributed by atoms with Crippen LogP contribution in [-0.2, 0) is 6.54 Å². The monoisotopic (exact) mass is 336 g/mol. The van der Waals surface area contributed by atoms with E-state index in [1.54, 1.807) is 11.3 Å². The topological polar surface area (TPSA) is 63.8 Å². The van der Waals surface area contributed by atoms with Gasteiger partial charge in [-0.2, -0.15) is 4.37 Å². The average molecular weight is 337 g/mol. The summed E-state index contributed by atoms with van der Waals surface area (Å²) < 4.78 is 4.23. The van der Waals surface area contributed by atoms with E-state index in [0.29, 0.717) is 12.4 Å². The molecule has 0 fully saturated rings. The number of nitrogens with one attached hydrogen (secondary N) is 1. The fraction of sp³-hybridized carbons (Fsp3) is 0.143. The normalized spacial score (nSPS) is 10.8. The molecule has 2 aromatic heterocycles. The highest BCUT2D eigenvalue weighted by atomic mass is 35.5. The molecular formula is C14H13ClN4S2. The van der Waals surface area contributed by atoms with Gasteiger partial charge in [0.1, 0.15) is 10.8 Å². The molecule has 4 nitrogen and oxygen atoms in total. The zero-order valence-corrected chi connectivity index (χ0v) is 13.6. The number of hydrogen-bond donors (Lipinski definition) is 2. The molecule has 2 heterocycles. The number of nitrogens with zero attached hydrogens (tertiary/aromatic N) is 2. The molecule has 0 aliphatic heterocycles. The van der Waals surface area contributed by atoms with Crippen LogP contribution in [0.2, 0.25) is 5.02 Å². The number of thiazole rings is 1. The summed E-state index contributed by atoms with van der Waals surface area (Å²) in [5, 5.41) is 8.06. The summed E-state index contributed by atoms with van der Waals surface area (Å²) in [4.78, 5) is 4.49. The Balaban J connectivity index is 1.81. The van der Waals surface area contributed by atoms with Gasteiger partial charge in [0.2, 0.25) is 0 Å². The predicted octanol–water partition coefficient (Wildman–Crippen LogP) is 4.42. The molecule has 3 rings (SSSR count). The molecule has 0 spiro atoms. The first-order valence-corrected chi connectivity index (χ1v) is 8.32. The minimum atomic E-state index is 0.518. The van der Waals surface area contributed by atoms with E-state index in [1.807, 2.05) is 36.6 Å². The molecule has 0 aliphatic carbocycles. The number of rotatable bonds is 4. The standard InChI is InChI=1S/C14H13ClN4S2/c1-8-18-11(7-20-8)12-13(16)19-21-14(12)17-6-9-2-4-10(15)5-3-9/h2-5,7,17H,6H2,1H3,(H2,16,19). The van der Waals surface area contributed by atoms with Crippen molar-refractivity contribution in [1.82, 2.24) is 9.36 Å².